The molecule has 0 aliphatic rings. The molecule has 0 bridgehead atoms. The molecule has 1 heterocycles. The van der Waals surface area contributed by atoms with Crippen LogP contribution in [-0.4, -0.2) is 9.55 Å². The van der Waals surface area contributed by atoms with Crippen molar-refractivity contribution in [3.05, 3.63) is 73.1 Å². The van der Waals surface area contributed by atoms with Crippen molar-refractivity contribution in [3.8, 4) is 0 Å². The molecule has 3 nitrogen and oxygen atoms in total. The Hall–Kier alpha value is -1.47. The van der Waals surface area contributed by atoms with Gasteiger partial charge >= 0.3 is 0 Å². The van der Waals surface area contributed by atoms with Crippen LogP contribution in [0, 0.1) is 9.39 Å². The van der Waals surface area contributed by atoms with Crippen LogP contribution in [0.4, 0.5) is 4.39 Å². The van der Waals surface area contributed by atoms with Gasteiger partial charge in [0.1, 0.15) is 5.82 Å². The third-order valence-corrected chi connectivity index (χ3v) is 4.17. The first-order chi connectivity index (χ1) is 10.0. The van der Waals surface area contributed by atoms with Gasteiger partial charge < -0.3 is 0 Å². The summed E-state index contributed by atoms with van der Waals surface area (Å²) in [5, 5.41) is 0.961. The zero-order chi connectivity index (χ0) is 15.0. The van der Waals surface area contributed by atoms with E-state index in [1.165, 1.54) is 29.1 Å². The molecule has 0 N–H and O–H groups in total. The first kappa shape index (κ1) is 14.5. The summed E-state index contributed by atoms with van der Waals surface area (Å²) in [7, 11) is 0. The van der Waals surface area contributed by atoms with Crippen LogP contribution in [0.2, 0.25) is 5.02 Å². The molecule has 3 aromatic rings. The summed E-state index contributed by atoms with van der Waals surface area (Å²) >= 11 is 8.18. The summed E-state index contributed by atoms with van der Waals surface area (Å²) < 4.78 is 15.7. The highest BCUT2D eigenvalue weighted by atomic mass is 127. The van der Waals surface area contributed by atoms with Crippen LogP contribution >= 0.6 is 34.2 Å². The van der Waals surface area contributed by atoms with Gasteiger partial charge in [-0.3, -0.25) is 9.36 Å². The van der Waals surface area contributed by atoms with Crippen LogP contribution in [0.15, 0.2) is 47.5 Å². The van der Waals surface area contributed by atoms with Crippen LogP contribution in [-0.2, 0) is 6.54 Å². The van der Waals surface area contributed by atoms with Gasteiger partial charge in [-0.25, -0.2) is 9.37 Å². The molecule has 1 aromatic heterocycles. The molecule has 0 atom stereocenters. The number of rotatable bonds is 2. The van der Waals surface area contributed by atoms with Gasteiger partial charge in [-0.1, -0.05) is 11.6 Å². The van der Waals surface area contributed by atoms with Crippen LogP contribution in [0.25, 0.3) is 10.9 Å². The Labute approximate surface area is 138 Å². The van der Waals surface area contributed by atoms with Gasteiger partial charge in [0, 0.05) is 8.59 Å². The minimum absolute atomic E-state index is 0.168. The molecule has 2 aromatic carbocycles. The van der Waals surface area contributed by atoms with Crippen LogP contribution < -0.4 is 5.56 Å². The molecule has 0 fully saturated rings. The Balaban J connectivity index is 2.11. The summed E-state index contributed by atoms with van der Waals surface area (Å²) in [5.74, 6) is -0.384. The van der Waals surface area contributed by atoms with E-state index in [0.717, 1.165) is 3.57 Å². The lowest BCUT2D eigenvalue weighted by atomic mass is 10.2. The lowest BCUT2D eigenvalue weighted by Crippen LogP contribution is -2.21. The maximum absolute atomic E-state index is 13.3. The van der Waals surface area contributed by atoms with E-state index >= 15 is 0 Å². The molecule has 21 heavy (non-hydrogen) atoms. The topological polar surface area (TPSA) is 34.9 Å². The van der Waals surface area contributed by atoms with Crippen LogP contribution in [0.1, 0.15) is 5.56 Å². The Morgan fingerprint density at radius 3 is 2.86 bits per heavy atom. The third kappa shape index (κ3) is 2.94. The standard InChI is InChI=1S/C15H9ClFIN2O/c16-13-3-1-10(17)5-9(13)7-20-8-19-14-4-2-11(18)6-12(14)15(20)21/h1-6,8H,7H2. The normalized spacial score (nSPS) is 11.0. The summed E-state index contributed by atoms with van der Waals surface area (Å²) in [6.45, 7) is 0.184. The van der Waals surface area contributed by atoms with Gasteiger partial charge in [-0.15, -0.1) is 0 Å². The highest BCUT2D eigenvalue weighted by Crippen LogP contribution is 2.18. The highest BCUT2D eigenvalue weighted by Gasteiger charge is 2.08. The molecule has 6 heteroatoms. The van der Waals surface area contributed by atoms with Gasteiger partial charge in [0.25, 0.3) is 5.56 Å². The predicted octanol–water partition coefficient (Wildman–Crippen LogP) is 3.84. The maximum atomic E-state index is 13.3. The fraction of sp³-hybridized carbons (Fsp3) is 0.0667. The van der Waals surface area contributed by atoms with Crippen molar-refractivity contribution in [2.45, 2.75) is 6.54 Å². The Morgan fingerprint density at radius 2 is 2.05 bits per heavy atom. The average molecular weight is 415 g/mol. The summed E-state index contributed by atoms with van der Waals surface area (Å²) in [6, 6.07) is 9.58. The molecule has 0 aliphatic carbocycles. The van der Waals surface area contributed by atoms with E-state index in [1.807, 2.05) is 6.07 Å². The van der Waals surface area contributed by atoms with Crippen molar-refractivity contribution >= 4 is 45.1 Å². The van der Waals surface area contributed by atoms with E-state index in [4.69, 9.17) is 11.6 Å². The minimum atomic E-state index is -0.384. The minimum Gasteiger partial charge on any atom is -0.294 e. The number of nitrogens with zero attached hydrogens (tertiary/aromatic N) is 2. The first-order valence-electron chi connectivity index (χ1n) is 6.13. The molecule has 0 saturated heterocycles. The van der Waals surface area contributed by atoms with Gasteiger partial charge in [0.2, 0.25) is 0 Å². The molecular weight excluding hydrogens is 406 g/mol. The van der Waals surface area contributed by atoms with Crippen molar-refractivity contribution < 1.29 is 4.39 Å². The van der Waals surface area contributed by atoms with Crippen molar-refractivity contribution in [1.29, 1.82) is 0 Å². The van der Waals surface area contributed by atoms with Crippen molar-refractivity contribution in [1.82, 2.24) is 9.55 Å². The summed E-state index contributed by atoms with van der Waals surface area (Å²) in [5.41, 5.74) is 1.02. The fourth-order valence-corrected chi connectivity index (χ4v) is 2.76. The smallest absolute Gasteiger partial charge is 0.261 e. The molecule has 106 valence electrons. The Bertz CT molecular complexity index is 894. The molecule has 0 unspecified atom stereocenters. The Kier molecular flexibility index (Phi) is 3.95. The van der Waals surface area contributed by atoms with Crippen molar-refractivity contribution in [2.24, 2.45) is 0 Å². The van der Waals surface area contributed by atoms with Gasteiger partial charge in [-0.2, -0.15) is 0 Å². The van der Waals surface area contributed by atoms with Gasteiger partial charge in [0.05, 0.1) is 23.8 Å². The van der Waals surface area contributed by atoms with E-state index in [1.54, 1.807) is 12.1 Å². The second kappa shape index (κ2) is 5.73. The number of hydrogen-bond acceptors (Lipinski definition) is 2. The molecule has 0 radical (unpaired) electrons. The van der Waals surface area contributed by atoms with E-state index in [0.29, 0.717) is 21.5 Å². The van der Waals surface area contributed by atoms with E-state index in [9.17, 15) is 9.18 Å². The number of aromatic nitrogens is 2. The van der Waals surface area contributed by atoms with Crippen LogP contribution in [0.5, 0.6) is 0 Å². The molecule has 3 rings (SSSR count). The molecule has 0 aliphatic heterocycles. The zero-order valence-electron chi connectivity index (χ0n) is 10.7. The molecule has 0 saturated carbocycles. The average Bonchev–Trinajstić information content (AvgIpc) is 2.46. The van der Waals surface area contributed by atoms with Gasteiger partial charge in [0.15, 0.2) is 0 Å². The van der Waals surface area contributed by atoms with E-state index < -0.39 is 0 Å². The van der Waals surface area contributed by atoms with E-state index in [2.05, 4.69) is 27.6 Å². The van der Waals surface area contributed by atoms with Crippen molar-refractivity contribution in [3.63, 3.8) is 0 Å². The number of halogens is 3. The third-order valence-electron chi connectivity index (χ3n) is 3.13. The Morgan fingerprint density at radius 1 is 1.24 bits per heavy atom. The number of benzene rings is 2. The second-order valence-corrected chi connectivity index (χ2v) is 6.23. The number of hydrogen-bond donors (Lipinski definition) is 0. The fourth-order valence-electron chi connectivity index (χ4n) is 2.09. The molecule has 0 amide bonds. The largest absolute Gasteiger partial charge is 0.294 e. The second-order valence-electron chi connectivity index (χ2n) is 4.57. The predicted molar refractivity (Wildman–Crippen MR) is 89.2 cm³/mol. The van der Waals surface area contributed by atoms with Gasteiger partial charge in [-0.05, 0) is 64.6 Å². The lowest BCUT2D eigenvalue weighted by Gasteiger charge is -2.08. The highest BCUT2D eigenvalue weighted by molar-refractivity contribution is 14.1. The number of fused-ring (bicyclic) bond motifs is 1. The molecule has 0 spiro atoms. The lowest BCUT2D eigenvalue weighted by molar-refractivity contribution is 0.622. The zero-order valence-corrected chi connectivity index (χ0v) is 13.6. The summed E-state index contributed by atoms with van der Waals surface area (Å²) in [4.78, 5) is 16.7. The maximum Gasteiger partial charge on any atom is 0.261 e. The molecular formula is C15H9ClFIN2O. The quantitative estimate of drug-likeness (QED) is 0.597. The van der Waals surface area contributed by atoms with Crippen LogP contribution in [0.3, 0.4) is 0 Å². The monoisotopic (exact) mass is 414 g/mol. The van der Waals surface area contributed by atoms with E-state index in [-0.39, 0.29) is 17.9 Å². The van der Waals surface area contributed by atoms with Crippen molar-refractivity contribution in [2.75, 3.05) is 0 Å². The SMILES string of the molecule is O=c1c2cc(I)ccc2ncn1Cc1cc(F)ccc1Cl. The first-order valence-corrected chi connectivity index (χ1v) is 7.59. The summed E-state index contributed by atoms with van der Waals surface area (Å²) in [6.07, 6.45) is 1.46.